The largest absolute Gasteiger partial charge is 0.508 e. The van der Waals surface area contributed by atoms with Crippen molar-refractivity contribution in [1.82, 2.24) is 30.2 Å². The van der Waals surface area contributed by atoms with E-state index in [0.717, 1.165) is 41.9 Å². The van der Waals surface area contributed by atoms with Crippen molar-refractivity contribution in [2.45, 2.75) is 26.3 Å². The molecule has 0 fully saturated rings. The van der Waals surface area contributed by atoms with Crippen LogP contribution in [-0.4, -0.2) is 35.3 Å². The molecule has 150 valence electrons. The van der Waals surface area contributed by atoms with Gasteiger partial charge in [-0.05, 0) is 72.2 Å². The smallest absolute Gasteiger partial charge is 0.179 e. The summed E-state index contributed by atoms with van der Waals surface area (Å²) in [5, 5.41) is 24.0. The SMILES string of the molecule is Cc1nccn1CCCc1cc(-c2nnn[nH]2)ccc1C#Cc1ccc(O)cc1Cl. The van der Waals surface area contributed by atoms with Gasteiger partial charge in [-0.15, -0.1) is 5.10 Å². The van der Waals surface area contributed by atoms with Crippen molar-refractivity contribution in [2.24, 2.45) is 0 Å². The highest BCUT2D eigenvalue weighted by Crippen LogP contribution is 2.22. The van der Waals surface area contributed by atoms with Crippen LogP contribution in [0.4, 0.5) is 0 Å². The Morgan fingerprint density at radius 3 is 2.70 bits per heavy atom. The fraction of sp³-hybridized carbons (Fsp3) is 0.182. The Labute approximate surface area is 178 Å². The summed E-state index contributed by atoms with van der Waals surface area (Å²) in [5.74, 6) is 8.06. The van der Waals surface area contributed by atoms with Gasteiger partial charge in [0.25, 0.3) is 0 Å². The molecule has 0 saturated carbocycles. The number of imidazole rings is 1. The fourth-order valence-electron chi connectivity index (χ4n) is 3.17. The van der Waals surface area contributed by atoms with Gasteiger partial charge < -0.3 is 9.67 Å². The molecule has 30 heavy (non-hydrogen) atoms. The van der Waals surface area contributed by atoms with Gasteiger partial charge in [0.2, 0.25) is 0 Å². The number of aryl methyl sites for hydroxylation is 3. The van der Waals surface area contributed by atoms with Crippen LogP contribution in [0.5, 0.6) is 5.75 Å². The van der Waals surface area contributed by atoms with Crippen molar-refractivity contribution in [2.75, 3.05) is 0 Å². The van der Waals surface area contributed by atoms with E-state index in [1.54, 1.807) is 12.1 Å². The molecule has 8 heteroatoms. The van der Waals surface area contributed by atoms with E-state index in [0.29, 0.717) is 16.4 Å². The molecule has 2 aromatic heterocycles. The molecule has 7 nitrogen and oxygen atoms in total. The van der Waals surface area contributed by atoms with E-state index in [9.17, 15) is 5.11 Å². The van der Waals surface area contributed by atoms with Gasteiger partial charge in [0, 0.05) is 35.6 Å². The molecule has 0 atom stereocenters. The first-order valence-electron chi connectivity index (χ1n) is 9.45. The number of phenols is 1. The van der Waals surface area contributed by atoms with Crippen LogP contribution in [0.15, 0.2) is 48.8 Å². The molecule has 0 aliphatic heterocycles. The van der Waals surface area contributed by atoms with Gasteiger partial charge in [-0.1, -0.05) is 23.4 Å². The number of H-pyrrole nitrogens is 1. The summed E-state index contributed by atoms with van der Waals surface area (Å²) >= 11 is 6.19. The lowest BCUT2D eigenvalue weighted by atomic mass is 9.99. The fourth-order valence-corrected chi connectivity index (χ4v) is 3.39. The Morgan fingerprint density at radius 2 is 1.97 bits per heavy atom. The van der Waals surface area contributed by atoms with E-state index in [2.05, 4.69) is 48.1 Å². The number of tetrazole rings is 1. The maximum atomic E-state index is 9.52. The van der Waals surface area contributed by atoms with E-state index in [1.165, 1.54) is 6.07 Å². The second-order valence-corrected chi connectivity index (χ2v) is 7.21. The van der Waals surface area contributed by atoms with Gasteiger partial charge in [0.05, 0.1) is 5.02 Å². The zero-order valence-corrected chi connectivity index (χ0v) is 17.1. The van der Waals surface area contributed by atoms with Crippen molar-refractivity contribution in [1.29, 1.82) is 0 Å². The molecule has 4 rings (SSSR count). The molecular formula is C22H19ClN6O. The number of hydrogen-bond acceptors (Lipinski definition) is 5. The summed E-state index contributed by atoms with van der Waals surface area (Å²) in [6.07, 6.45) is 5.56. The lowest BCUT2D eigenvalue weighted by Crippen LogP contribution is -2.02. The predicted molar refractivity (Wildman–Crippen MR) is 114 cm³/mol. The standard InChI is InChI=1S/C22H19ClN6O/c1-15-24-10-12-29(15)11-2-3-18-13-19(22-25-27-28-26-22)7-5-16(18)4-6-17-8-9-20(30)14-21(17)23/h5,7-10,12-14,30H,2-3,11H2,1H3,(H,25,26,27,28). The van der Waals surface area contributed by atoms with Crippen molar-refractivity contribution in [3.8, 4) is 29.0 Å². The first-order valence-corrected chi connectivity index (χ1v) is 9.83. The van der Waals surface area contributed by atoms with Gasteiger partial charge in [-0.3, -0.25) is 0 Å². The Hall–Kier alpha value is -3.63. The molecule has 0 amide bonds. The summed E-state index contributed by atoms with van der Waals surface area (Å²) in [6.45, 7) is 2.87. The van der Waals surface area contributed by atoms with E-state index in [4.69, 9.17) is 11.6 Å². The number of hydrogen-bond donors (Lipinski definition) is 2. The number of aromatic amines is 1. The van der Waals surface area contributed by atoms with Crippen LogP contribution in [0.2, 0.25) is 5.02 Å². The third-order valence-corrected chi connectivity index (χ3v) is 5.09. The van der Waals surface area contributed by atoms with Gasteiger partial charge >= 0.3 is 0 Å². The molecule has 2 N–H and O–H groups in total. The molecule has 4 aromatic rings. The Morgan fingerprint density at radius 1 is 1.13 bits per heavy atom. The quantitative estimate of drug-likeness (QED) is 0.481. The van der Waals surface area contributed by atoms with Crippen LogP contribution in [-0.2, 0) is 13.0 Å². The molecule has 2 aromatic carbocycles. The molecule has 0 aliphatic rings. The number of halogens is 1. The zero-order chi connectivity index (χ0) is 20.9. The minimum Gasteiger partial charge on any atom is -0.508 e. The summed E-state index contributed by atoms with van der Waals surface area (Å²) in [6, 6.07) is 10.7. The Bertz CT molecular complexity index is 1220. The Balaban J connectivity index is 1.61. The van der Waals surface area contributed by atoms with Gasteiger partial charge in [0.15, 0.2) is 5.82 Å². The van der Waals surface area contributed by atoms with Gasteiger partial charge in [-0.2, -0.15) is 0 Å². The summed E-state index contributed by atoms with van der Waals surface area (Å²) in [7, 11) is 0. The molecule has 0 unspecified atom stereocenters. The maximum absolute atomic E-state index is 9.52. The highest BCUT2D eigenvalue weighted by Gasteiger charge is 2.08. The van der Waals surface area contributed by atoms with Crippen LogP contribution in [0.3, 0.4) is 0 Å². The van der Waals surface area contributed by atoms with Crippen molar-refractivity contribution < 1.29 is 5.11 Å². The molecule has 0 radical (unpaired) electrons. The monoisotopic (exact) mass is 418 g/mol. The van der Waals surface area contributed by atoms with Crippen LogP contribution >= 0.6 is 11.6 Å². The number of benzene rings is 2. The molecule has 0 aliphatic carbocycles. The number of nitrogens with one attached hydrogen (secondary N) is 1. The number of rotatable bonds is 5. The van der Waals surface area contributed by atoms with E-state index >= 15 is 0 Å². The predicted octanol–water partition coefficient (Wildman–Crippen LogP) is 3.76. The van der Waals surface area contributed by atoms with Crippen LogP contribution in [0, 0.1) is 18.8 Å². The average molecular weight is 419 g/mol. The number of phenolic OH excluding ortho intramolecular Hbond substituents is 1. The minimum atomic E-state index is 0.117. The minimum absolute atomic E-state index is 0.117. The lowest BCUT2D eigenvalue weighted by molar-refractivity contribution is 0.475. The number of nitrogens with zero attached hydrogens (tertiary/aromatic N) is 5. The topological polar surface area (TPSA) is 92.5 Å². The number of aromatic hydroxyl groups is 1. The average Bonchev–Trinajstić information content (AvgIpc) is 3.40. The molecule has 2 heterocycles. The van der Waals surface area contributed by atoms with Crippen LogP contribution in [0.1, 0.15) is 28.9 Å². The Kier molecular flexibility index (Phi) is 5.77. The van der Waals surface area contributed by atoms with E-state index in [1.807, 2.05) is 31.5 Å². The van der Waals surface area contributed by atoms with Gasteiger partial charge in [0.1, 0.15) is 11.6 Å². The molecular weight excluding hydrogens is 400 g/mol. The summed E-state index contributed by atoms with van der Waals surface area (Å²) in [4.78, 5) is 4.27. The third kappa shape index (κ3) is 4.50. The first kappa shape index (κ1) is 19.7. The normalized spacial score (nSPS) is 10.6. The molecule has 0 saturated heterocycles. The highest BCUT2D eigenvalue weighted by atomic mass is 35.5. The van der Waals surface area contributed by atoms with E-state index < -0.39 is 0 Å². The zero-order valence-electron chi connectivity index (χ0n) is 16.3. The second-order valence-electron chi connectivity index (χ2n) is 6.81. The summed E-state index contributed by atoms with van der Waals surface area (Å²) in [5.41, 5.74) is 3.58. The van der Waals surface area contributed by atoms with Crippen LogP contribution < -0.4 is 0 Å². The highest BCUT2D eigenvalue weighted by molar-refractivity contribution is 6.31. The maximum Gasteiger partial charge on any atom is 0.179 e. The lowest BCUT2D eigenvalue weighted by Gasteiger charge is -2.09. The van der Waals surface area contributed by atoms with Crippen molar-refractivity contribution >= 4 is 11.6 Å². The molecule has 0 spiro atoms. The van der Waals surface area contributed by atoms with E-state index in [-0.39, 0.29) is 5.75 Å². The summed E-state index contributed by atoms with van der Waals surface area (Å²) < 4.78 is 2.13. The third-order valence-electron chi connectivity index (χ3n) is 4.78. The van der Waals surface area contributed by atoms with Crippen molar-refractivity contribution in [3.05, 3.63) is 76.3 Å². The van der Waals surface area contributed by atoms with Crippen LogP contribution in [0.25, 0.3) is 11.4 Å². The molecule has 0 bridgehead atoms. The second kappa shape index (κ2) is 8.80. The van der Waals surface area contributed by atoms with Crippen molar-refractivity contribution in [3.63, 3.8) is 0 Å². The first-order chi connectivity index (χ1) is 14.6. The van der Waals surface area contributed by atoms with Gasteiger partial charge in [-0.25, -0.2) is 10.1 Å². The number of aromatic nitrogens is 6.